The number of aliphatic hydroxyl groups excluding tert-OH is 1. The number of aliphatic hydroxyl groups is 1. The maximum absolute atomic E-state index is 11.9. The number of piperidine rings is 1. The predicted molar refractivity (Wildman–Crippen MR) is 82.5 cm³/mol. The van der Waals surface area contributed by atoms with Gasteiger partial charge in [-0.3, -0.25) is 9.69 Å². The van der Waals surface area contributed by atoms with Gasteiger partial charge in [-0.2, -0.15) is 0 Å². The largest absolute Gasteiger partial charge is 0.395 e. The molecule has 0 radical (unpaired) electrons. The van der Waals surface area contributed by atoms with Gasteiger partial charge in [0.05, 0.1) is 6.61 Å². The summed E-state index contributed by atoms with van der Waals surface area (Å²) in [6.07, 6.45) is 2.21. The van der Waals surface area contributed by atoms with Crippen molar-refractivity contribution in [1.29, 1.82) is 0 Å². The Morgan fingerprint density at radius 1 is 1.35 bits per heavy atom. The molecular weight excluding hydrogens is 252 g/mol. The second kappa shape index (κ2) is 7.41. The maximum Gasteiger partial charge on any atom is 0.222 e. The van der Waals surface area contributed by atoms with Gasteiger partial charge < -0.3 is 10.4 Å². The van der Waals surface area contributed by atoms with Crippen LogP contribution in [0.15, 0.2) is 0 Å². The number of amides is 1. The zero-order valence-electron chi connectivity index (χ0n) is 13.8. The highest BCUT2D eigenvalue weighted by molar-refractivity contribution is 5.78. The van der Waals surface area contributed by atoms with Crippen molar-refractivity contribution >= 4 is 5.91 Å². The number of likely N-dealkylation sites (tertiary alicyclic amines) is 1. The van der Waals surface area contributed by atoms with Crippen LogP contribution in [0.4, 0.5) is 0 Å². The molecule has 0 saturated carbocycles. The van der Waals surface area contributed by atoms with Crippen molar-refractivity contribution in [1.82, 2.24) is 10.2 Å². The van der Waals surface area contributed by atoms with E-state index in [1.807, 2.05) is 13.8 Å². The number of rotatable bonds is 5. The normalized spacial score (nSPS) is 24.9. The molecule has 1 amide bonds. The fourth-order valence-corrected chi connectivity index (χ4v) is 3.11. The van der Waals surface area contributed by atoms with Gasteiger partial charge in [-0.25, -0.2) is 0 Å². The van der Waals surface area contributed by atoms with E-state index in [-0.39, 0.29) is 24.5 Å². The first-order valence-electron chi connectivity index (χ1n) is 7.85. The molecule has 20 heavy (non-hydrogen) atoms. The summed E-state index contributed by atoms with van der Waals surface area (Å²) in [5, 5.41) is 12.3. The fraction of sp³-hybridized carbons (Fsp3) is 0.938. The number of nitrogens with one attached hydrogen (secondary N) is 1. The Bertz CT molecular complexity index is 310. The van der Waals surface area contributed by atoms with Crippen molar-refractivity contribution in [3.8, 4) is 0 Å². The molecule has 1 aliphatic heterocycles. The van der Waals surface area contributed by atoms with Crippen LogP contribution in [-0.4, -0.2) is 48.2 Å². The van der Waals surface area contributed by atoms with Gasteiger partial charge in [-0.1, -0.05) is 34.6 Å². The third kappa shape index (κ3) is 6.23. The van der Waals surface area contributed by atoms with E-state index < -0.39 is 0 Å². The van der Waals surface area contributed by atoms with Gasteiger partial charge in [-0.15, -0.1) is 0 Å². The zero-order chi connectivity index (χ0) is 15.3. The summed E-state index contributed by atoms with van der Waals surface area (Å²) in [7, 11) is 0. The highest BCUT2D eigenvalue weighted by Crippen LogP contribution is 2.30. The van der Waals surface area contributed by atoms with Crippen LogP contribution in [0.2, 0.25) is 0 Å². The third-order valence-corrected chi connectivity index (χ3v) is 3.80. The standard InChI is InChI=1S/C16H32N2O2/c1-12(2)15(20)17-14-8-13(9-16(3,4)5)10-18(11-14)6-7-19/h12-14,19H,6-11H2,1-5H3,(H,17,20). The maximum atomic E-state index is 11.9. The average Bonchev–Trinajstić information content (AvgIpc) is 2.26. The van der Waals surface area contributed by atoms with Gasteiger partial charge in [0.1, 0.15) is 0 Å². The van der Waals surface area contributed by atoms with Crippen LogP contribution in [0.5, 0.6) is 0 Å². The Kier molecular flexibility index (Phi) is 6.46. The molecule has 0 aromatic rings. The molecular formula is C16H32N2O2. The molecule has 1 rings (SSSR count). The molecule has 0 aromatic carbocycles. The molecule has 1 heterocycles. The van der Waals surface area contributed by atoms with E-state index in [1.165, 1.54) is 0 Å². The van der Waals surface area contributed by atoms with E-state index in [0.717, 1.165) is 25.9 Å². The van der Waals surface area contributed by atoms with Crippen LogP contribution in [0.25, 0.3) is 0 Å². The Hall–Kier alpha value is -0.610. The second-order valence-electron chi connectivity index (χ2n) is 7.71. The highest BCUT2D eigenvalue weighted by Gasteiger charge is 2.30. The lowest BCUT2D eigenvalue weighted by Crippen LogP contribution is -2.52. The summed E-state index contributed by atoms with van der Waals surface area (Å²) in [5.41, 5.74) is 0.305. The first kappa shape index (κ1) is 17.4. The molecule has 0 aliphatic carbocycles. The van der Waals surface area contributed by atoms with Gasteiger partial charge in [-0.05, 0) is 24.2 Å². The minimum Gasteiger partial charge on any atom is -0.395 e. The lowest BCUT2D eigenvalue weighted by molar-refractivity contribution is -0.125. The molecule has 2 atom stereocenters. The fourth-order valence-electron chi connectivity index (χ4n) is 3.11. The van der Waals surface area contributed by atoms with Crippen molar-refractivity contribution < 1.29 is 9.90 Å². The number of carbonyl (C=O) groups is 1. The van der Waals surface area contributed by atoms with Crippen LogP contribution in [-0.2, 0) is 4.79 Å². The van der Waals surface area contributed by atoms with Crippen LogP contribution < -0.4 is 5.32 Å². The molecule has 1 aliphatic rings. The quantitative estimate of drug-likeness (QED) is 0.810. The zero-order valence-corrected chi connectivity index (χ0v) is 13.8. The van der Waals surface area contributed by atoms with E-state index in [9.17, 15) is 4.79 Å². The minimum absolute atomic E-state index is 0.0317. The number of hydrogen-bond acceptors (Lipinski definition) is 3. The van der Waals surface area contributed by atoms with Gasteiger partial charge in [0.25, 0.3) is 0 Å². The number of hydrogen-bond donors (Lipinski definition) is 2. The van der Waals surface area contributed by atoms with Crippen LogP contribution in [0, 0.1) is 17.3 Å². The van der Waals surface area contributed by atoms with E-state index >= 15 is 0 Å². The molecule has 2 N–H and O–H groups in total. The summed E-state index contributed by atoms with van der Waals surface area (Å²) in [6.45, 7) is 13.4. The minimum atomic E-state index is 0.0317. The summed E-state index contributed by atoms with van der Waals surface area (Å²) < 4.78 is 0. The summed E-state index contributed by atoms with van der Waals surface area (Å²) >= 11 is 0. The Balaban J connectivity index is 2.62. The monoisotopic (exact) mass is 284 g/mol. The van der Waals surface area contributed by atoms with Crippen molar-refractivity contribution in [2.45, 2.75) is 53.5 Å². The second-order valence-corrected chi connectivity index (χ2v) is 7.71. The molecule has 1 saturated heterocycles. The summed E-state index contributed by atoms with van der Waals surface area (Å²) in [4.78, 5) is 14.2. The lowest BCUT2D eigenvalue weighted by Gasteiger charge is -2.40. The smallest absolute Gasteiger partial charge is 0.222 e. The molecule has 2 unspecified atom stereocenters. The Labute approximate surface area is 123 Å². The molecule has 0 aromatic heterocycles. The average molecular weight is 284 g/mol. The first-order valence-corrected chi connectivity index (χ1v) is 7.85. The van der Waals surface area contributed by atoms with Crippen molar-refractivity contribution in [3.63, 3.8) is 0 Å². The number of carbonyl (C=O) groups excluding carboxylic acids is 1. The molecule has 4 nitrogen and oxygen atoms in total. The topological polar surface area (TPSA) is 52.6 Å². The molecule has 4 heteroatoms. The Morgan fingerprint density at radius 2 is 2.00 bits per heavy atom. The SMILES string of the molecule is CC(C)C(=O)NC1CC(CC(C)(C)C)CN(CCO)C1. The van der Waals surface area contributed by atoms with Crippen LogP contribution in [0.3, 0.4) is 0 Å². The predicted octanol–water partition coefficient (Wildman–Crippen LogP) is 1.88. The van der Waals surface area contributed by atoms with Crippen molar-refractivity contribution in [2.75, 3.05) is 26.2 Å². The van der Waals surface area contributed by atoms with Crippen LogP contribution >= 0.6 is 0 Å². The molecule has 1 fully saturated rings. The van der Waals surface area contributed by atoms with E-state index in [2.05, 4.69) is 31.0 Å². The Morgan fingerprint density at radius 3 is 2.50 bits per heavy atom. The van der Waals surface area contributed by atoms with Gasteiger partial charge in [0.2, 0.25) is 5.91 Å². The summed E-state index contributed by atoms with van der Waals surface area (Å²) in [5.74, 6) is 0.757. The van der Waals surface area contributed by atoms with Gasteiger partial charge in [0, 0.05) is 31.6 Å². The van der Waals surface area contributed by atoms with E-state index in [0.29, 0.717) is 17.9 Å². The molecule has 0 bridgehead atoms. The van der Waals surface area contributed by atoms with Crippen LogP contribution in [0.1, 0.15) is 47.5 Å². The molecule has 0 spiro atoms. The van der Waals surface area contributed by atoms with Crippen molar-refractivity contribution in [3.05, 3.63) is 0 Å². The molecule has 118 valence electrons. The lowest BCUT2D eigenvalue weighted by atomic mass is 9.80. The van der Waals surface area contributed by atoms with E-state index in [4.69, 9.17) is 5.11 Å². The third-order valence-electron chi connectivity index (χ3n) is 3.80. The number of β-amino-alcohol motifs (C(OH)–C–C–N with tert-alkyl or cyclic N) is 1. The van der Waals surface area contributed by atoms with E-state index in [1.54, 1.807) is 0 Å². The van der Waals surface area contributed by atoms with Gasteiger partial charge >= 0.3 is 0 Å². The summed E-state index contributed by atoms with van der Waals surface area (Å²) in [6, 6.07) is 0.220. The van der Waals surface area contributed by atoms with Crippen molar-refractivity contribution in [2.24, 2.45) is 17.3 Å². The highest BCUT2D eigenvalue weighted by atomic mass is 16.3. The first-order chi connectivity index (χ1) is 9.21. The number of nitrogens with zero attached hydrogens (tertiary/aromatic N) is 1. The van der Waals surface area contributed by atoms with Gasteiger partial charge in [0.15, 0.2) is 0 Å².